The van der Waals surface area contributed by atoms with Crippen molar-refractivity contribution in [1.29, 1.82) is 0 Å². The van der Waals surface area contributed by atoms with Crippen molar-refractivity contribution < 1.29 is 27.9 Å². The van der Waals surface area contributed by atoms with Gasteiger partial charge in [-0.1, -0.05) is 6.07 Å². The van der Waals surface area contributed by atoms with Crippen molar-refractivity contribution in [2.24, 2.45) is 5.92 Å². The fraction of sp³-hybridized carbons (Fsp3) is 0.556. The molecule has 2 rings (SSSR count). The normalized spacial score (nSPS) is 18.2. The van der Waals surface area contributed by atoms with Gasteiger partial charge in [0.05, 0.1) is 23.6 Å². The minimum absolute atomic E-state index is 0.0430. The summed E-state index contributed by atoms with van der Waals surface area (Å²) in [6, 6.07) is 4.53. The molecule has 150 valence electrons. The first-order chi connectivity index (χ1) is 12.8. The van der Waals surface area contributed by atoms with Crippen molar-refractivity contribution in [2.45, 2.75) is 31.6 Å². The van der Waals surface area contributed by atoms with E-state index in [1.54, 1.807) is 26.0 Å². The first kappa shape index (κ1) is 21.3. The maximum Gasteiger partial charge on any atom is 0.338 e. The number of piperidine rings is 1. The van der Waals surface area contributed by atoms with E-state index in [-0.39, 0.29) is 29.5 Å². The minimum Gasteiger partial charge on any atom is -0.480 e. The molecule has 0 bridgehead atoms. The van der Waals surface area contributed by atoms with E-state index in [2.05, 4.69) is 5.32 Å². The van der Waals surface area contributed by atoms with Crippen LogP contribution in [-0.4, -0.2) is 62.6 Å². The highest BCUT2D eigenvalue weighted by Gasteiger charge is 2.31. The summed E-state index contributed by atoms with van der Waals surface area (Å²) in [5.41, 5.74) is 0.770. The molecule has 1 atom stereocenters. The van der Waals surface area contributed by atoms with Gasteiger partial charge in [-0.2, -0.15) is 4.31 Å². The number of nitrogens with zero attached hydrogens (tertiary/aromatic N) is 1. The highest BCUT2D eigenvalue weighted by molar-refractivity contribution is 7.89. The van der Waals surface area contributed by atoms with Crippen LogP contribution in [0.4, 0.5) is 0 Å². The molecule has 1 fully saturated rings. The number of carboxylic acid groups (broad SMARTS) is 1. The molecule has 0 radical (unpaired) electrons. The lowest BCUT2D eigenvalue weighted by Crippen LogP contribution is -2.43. The molecule has 0 spiro atoms. The van der Waals surface area contributed by atoms with Gasteiger partial charge in [-0.3, -0.25) is 4.79 Å². The lowest BCUT2D eigenvalue weighted by molar-refractivity contribution is -0.136. The third kappa shape index (κ3) is 5.50. The van der Waals surface area contributed by atoms with E-state index in [4.69, 9.17) is 9.84 Å². The van der Waals surface area contributed by atoms with Crippen LogP contribution in [-0.2, 0) is 19.6 Å². The zero-order chi connectivity index (χ0) is 20.0. The van der Waals surface area contributed by atoms with E-state index in [9.17, 15) is 18.0 Å². The monoisotopic (exact) mass is 398 g/mol. The zero-order valence-corrected chi connectivity index (χ0v) is 16.4. The number of ether oxygens (including phenoxy) is 1. The van der Waals surface area contributed by atoms with Gasteiger partial charge in [-0.15, -0.1) is 0 Å². The van der Waals surface area contributed by atoms with Gasteiger partial charge in [-0.05, 0) is 56.8 Å². The summed E-state index contributed by atoms with van der Waals surface area (Å²) in [6.07, 6.45) is 1.54. The minimum atomic E-state index is -3.76. The smallest absolute Gasteiger partial charge is 0.338 e. The molecule has 8 nitrogen and oxygen atoms in total. The van der Waals surface area contributed by atoms with Gasteiger partial charge < -0.3 is 15.2 Å². The third-order valence-corrected chi connectivity index (χ3v) is 6.52. The second kappa shape index (κ2) is 9.29. The summed E-state index contributed by atoms with van der Waals surface area (Å²) in [5.74, 6) is -1.45. The van der Waals surface area contributed by atoms with Gasteiger partial charge in [0.2, 0.25) is 10.0 Å². The first-order valence-electron chi connectivity index (χ1n) is 8.96. The molecule has 0 amide bonds. The van der Waals surface area contributed by atoms with Crippen LogP contribution in [0.5, 0.6) is 0 Å². The molecule has 1 saturated heterocycles. The second-order valence-electron chi connectivity index (χ2n) is 6.60. The Labute approximate surface area is 159 Å². The van der Waals surface area contributed by atoms with E-state index >= 15 is 0 Å². The van der Waals surface area contributed by atoms with Crippen LogP contribution in [0.1, 0.15) is 35.7 Å². The molecular formula is C18H26N2O6S. The fourth-order valence-electron chi connectivity index (χ4n) is 3.15. The molecule has 0 aliphatic carbocycles. The Morgan fingerprint density at radius 2 is 2.11 bits per heavy atom. The first-order valence-corrected chi connectivity index (χ1v) is 10.4. The van der Waals surface area contributed by atoms with Gasteiger partial charge in [0, 0.05) is 13.1 Å². The molecule has 1 heterocycles. The highest BCUT2D eigenvalue weighted by atomic mass is 32.2. The molecule has 1 aliphatic heterocycles. The Morgan fingerprint density at radius 3 is 2.78 bits per heavy atom. The van der Waals surface area contributed by atoms with Crippen LogP contribution >= 0.6 is 0 Å². The van der Waals surface area contributed by atoms with Crippen LogP contribution in [0.25, 0.3) is 0 Å². The van der Waals surface area contributed by atoms with Gasteiger partial charge in [-0.25, -0.2) is 13.2 Å². The quantitative estimate of drug-likeness (QED) is 0.634. The number of aliphatic carboxylic acids is 1. The zero-order valence-electron chi connectivity index (χ0n) is 15.6. The Hall–Kier alpha value is -1.97. The number of hydrogen-bond acceptors (Lipinski definition) is 6. The number of benzene rings is 1. The maximum absolute atomic E-state index is 13.1. The average Bonchev–Trinajstić information content (AvgIpc) is 2.62. The average molecular weight is 398 g/mol. The van der Waals surface area contributed by atoms with E-state index in [0.717, 1.165) is 6.42 Å². The lowest BCUT2D eigenvalue weighted by atomic mass is 10.00. The molecule has 27 heavy (non-hydrogen) atoms. The molecule has 2 N–H and O–H groups in total. The van der Waals surface area contributed by atoms with Crippen molar-refractivity contribution in [3.05, 3.63) is 29.3 Å². The largest absolute Gasteiger partial charge is 0.480 e. The molecule has 1 aromatic carbocycles. The summed E-state index contributed by atoms with van der Waals surface area (Å²) < 4.78 is 32.6. The van der Waals surface area contributed by atoms with E-state index in [1.807, 2.05) is 0 Å². The summed E-state index contributed by atoms with van der Waals surface area (Å²) in [5, 5.41) is 11.5. The van der Waals surface area contributed by atoms with E-state index < -0.39 is 22.0 Å². The number of carboxylic acids is 1. The van der Waals surface area contributed by atoms with Crippen molar-refractivity contribution in [3.8, 4) is 0 Å². The molecule has 1 aromatic rings. The standard InChI is InChI=1S/C18H26N2O6S/c1-3-26-18(23)15-7-6-13(2)16(9-15)27(24,25)20-8-4-5-14(12-20)10-19-11-17(21)22/h6-7,9,14,19H,3-5,8,10-12H2,1-2H3,(H,21,22). The molecule has 1 aliphatic rings. The van der Waals surface area contributed by atoms with Gasteiger partial charge in [0.1, 0.15) is 0 Å². The van der Waals surface area contributed by atoms with Crippen LogP contribution < -0.4 is 5.32 Å². The topological polar surface area (TPSA) is 113 Å². The number of sulfonamides is 1. The molecular weight excluding hydrogens is 372 g/mol. The SMILES string of the molecule is CCOC(=O)c1ccc(C)c(S(=O)(=O)N2CCCC(CNCC(=O)O)C2)c1. The number of carbonyl (C=O) groups excluding carboxylic acids is 1. The molecule has 0 saturated carbocycles. The van der Waals surface area contributed by atoms with Gasteiger partial charge in [0.25, 0.3) is 0 Å². The number of aryl methyl sites for hydroxylation is 1. The summed E-state index contributed by atoms with van der Waals surface area (Å²) in [7, 11) is -3.76. The number of rotatable bonds is 8. The van der Waals surface area contributed by atoms with Crippen LogP contribution in [0, 0.1) is 12.8 Å². The van der Waals surface area contributed by atoms with Crippen LogP contribution in [0.2, 0.25) is 0 Å². The molecule has 0 aromatic heterocycles. The Kier molecular flexibility index (Phi) is 7.34. The maximum atomic E-state index is 13.1. The summed E-state index contributed by atoms with van der Waals surface area (Å²) in [6.45, 7) is 4.61. The number of nitrogens with one attached hydrogen (secondary N) is 1. The molecule has 9 heteroatoms. The van der Waals surface area contributed by atoms with Crippen molar-refractivity contribution in [3.63, 3.8) is 0 Å². The van der Waals surface area contributed by atoms with Gasteiger partial charge in [0.15, 0.2) is 0 Å². The Balaban J connectivity index is 2.18. The van der Waals surface area contributed by atoms with Crippen LogP contribution in [0.15, 0.2) is 23.1 Å². The van der Waals surface area contributed by atoms with Crippen LogP contribution in [0.3, 0.4) is 0 Å². The Morgan fingerprint density at radius 1 is 1.37 bits per heavy atom. The number of hydrogen-bond donors (Lipinski definition) is 2. The van der Waals surface area contributed by atoms with E-state index in [0.29, 0.717) is 31.6 Å². The molecule has 1 unspecified atom stereocenters. The van der Waals surface area contributed by atoms with Crippen molar-refractivity contribution in [2.75, 3.05) is 32.8 Å². The lowest BCUT2D eigenvalue weighted by Gasteiger charge is -2.32. The summed E-state index contributed by atoms with van der Waals surface area (Å²) in [4.78, 5) is 22.7. The van der Waals surface area contributed by atoms with Crippen molar-refractivity contribution >= 4 is 22.0 Å². The predicted molar refractivity (Wildman–Crippen MR) is 99.1 cm³/mol. The summed E-state index contributed by atoms with van der Waals surface area (Å²) >= 11 is 0. The number of esters is 1. The highest BCUT2D eigenvalue weighted by Crippen LogP contribution is 2.26. The Bertz CT molecular complexity index is 793. The second-order valence-corrected chi connectivity index (χ2v) is 8.50. The van der Waals surface area contributed by atoms with E-state index in [1.165, 1.54) is 10.4 Å². The third-order valence-electron chi connectivity index (χ3n) is 4.51. The number of carbonyl (C=O) groups is 2. The fourth-order valence-corrected chi connectivity index (χ4v) is 4.96. The van der Waals surface area contributed by atoms with Crippen molar-refractivity contribution in [1.82, 2.24) is 9.62 Å². The van der Waals surface area contributed by atoms with Gasteiger partial charge >= 0.3 is 11.9 Å². The predicted octanol–water partition coefficient (Wildman–Crippen LogP) is 1.25.